The van der Waals surface area contributed by atoms with Crippen LogP contribution in [0.15, 0.2) is 68.9 Å². The van der Waals surface area contributed by atoms with E-state index in [9.17, 15) is 4.79 Å². The van der Waals surface area contributed by atoms with Gasteiger partial charge in [0.15, 0.2) is 0 Å². The Morgan fingerprint density at radius 3 is 2.94 bits per heavy atom. The van der Waals surface area contributed by atoms with Crippen molar-refractivity contribution in [3.8, 4) is 11.4 Å². The van der Waals surface area contributed by atoms with Gasteiger partial charge in [-0.2, -0.15) is 0 Å². The summed E-state index contributed by atoms with van der Waals surface area (Å²) >= 11 is 7.60. The van der Waals surface area contributed by atoms with Gasteiger partial charge in [-0.05, 0) is 0 Å². The van der Waals surface area contributed by atoms with E-state index in [4.69, 9.17) is 21.3 Å². The average molecular weight is 577 g/mol. The van der Waals surface area contributed by atoms with E-state index < -0.39 is 0 Å². The molecule has 0 aliphatic carbocycles. The van der Waals surface area contributed by atoms with Crippen molar-refractivity contribution in [1.29, 1.82) is 0 Å². The van der Waals surface area contributed by atoms with E-state index in [1.165, 1.54) is 11.8 Å². The number of nitrogens with zero attached hydrogens (tertiary/aromatic N) is 4. The first-order valence-corrected chi connectivity index (χ1v) is 13.2. The molecule has 0 bridgehead atoms. The number of halogens is 2. The normalized spacial score (nSPS) is 12.7. The summed E-state index contributed by atoms with van der Waals surface area (Å²) in [6.45, 7) is 0. The molecule has 0 amide bonds. The third-order valence-corrected chi connectivity index (χ3v) is 8.82. The minimum atomic E-state index is -0.325. The second kappa shape index (κ2) is 9.08. The molecule has 0 fully saturated rings. The van der Waals surface area contributed by atoms with Crippen molar-refractivity contribution in [2.75, 3.05) is 12.4 Å². The van der Waals surface area contributed by atoms with Gasteiger partial charge >= 0.3 is 204 Å². The van der Waals surface area contributed by atoms with Crippen LogP contribution in [-0.2, 0) is 5.75 Å². The first-order valence-electron chi connectivity index (χ1n) is 9.53. The van der Waals surface area contributed by atoms with Gasteiger partial charge < -0.3 is 0 Å². The van der Waals surface area contributed by atoms with Crippen LogP contribution in [-0.4, -0.2) is 26.6 Å². The molecule has 162 valence electrons. The second-order valence-corrected chi connectivity index (χ2v) is 10.4. The maximum absolute atomic E-state index is 13.6. The van der Waals surface area contributed by atoms with E-state index in [1.54, 1.807) is 36.2 Å². The van der Waals surface area contributed by atoms with Crippen LogP contribution in [0.3, 0.4) is 0 Å². The quantitative estimate of drug-likeness (QED) is 0.218. The van der Waals surface area contributed by atoms with Crippen LogP contribution in [0.2, 0.25) is 5.02 Å². The van der Waals surface area contributed by atoms with Crippen molar-refractivity contribution >= 4 is 40.1 Å². The summed E-state index contributed by atoms with van der Waals surface area (Å²) in [6.07, 6.45) is 3.48. The summed E-state index contributed by atoms with van der Waals surface area (Å²) in [5.74, 6) is 2.45. The first kappa shape index (κ1) is 21.2. The number of methoxy groups -OCH3 is 1. The molecule has 7 nitrogen and oxygen atoms in total. The fraction of sp³-hybridized carbons (Fsp3) is 0.0909. The average Bonchev–Trinajstić information content (AvgIpc) is 2.82. The van der Waals surface area contributed by atoms with E-state index in [-0.39, 0.29) is 26.8 Å². The molecule has 2 aromatic carbocycles. The standard InChI is InChI=1S/C22H16ClIN5O2S/c1-31-16-8-3-2-7-15(16)29-17(28-14-6-4-5-13(23)18(14)22(29)30)11-32-21-19-20(26-12-27-21)25-10-9-24-19/h2-10,12H,11H2,1H3,(H,25,26,27)/q-1. The summed E-state index contributed by atoms with van der Waals surface area (Å²) in [5.41, 5.74) is 0.945. The van der Waals surface area contributed by atoms with Crippen molar-refractivity contribution in [3.63, 3.8) is 0 Å². The Labute approximate surface area is 203 Å². The summed E-state index contributed by atoms with van der Waals surface area (Å²) in [6, 6.07) is 12.7. The predicted molar refractivity (Wildman–Crippen MR) is 122 cm³/mol. The molecule has 0 saturated carbocycles. The van der Waals surface area contributed by atoms with Crippen LogP contribution in [0.1, 0.15) is 5.82 Å². The monoisotopic (exact) mass is 576 g/mol. The zero-order valence-corrected chi connectivity index (χ0v) is 20.5. The van der Waals surface area contributed by atoms with E-state index in [1.807, 2.05) is 30.5 Å². The molecule has 1 aliphatic heterocycles. The van der Waals surface area contributed by atoms with Gasteiger partial charge in [0.1, 0.15) is 0 Å². The number of fused-ring (bicyclic) bond motifs is 2. The van der Waals surface area contributed by atoms with Crippen molar-refractivity contribution < 1.29 is 25.9 Å². The van der Waals surface area contributed by atoms with Gasteiger partial charge in [0, 0.05) is 0 Å². The van der Waals surface area contributed by atoms with Crippen LogP contribution in [0.4, 0.5) is 5.82 Å². The van der Waals surface area contributed by atoms with Gasteiger partial charge in [-0.1, -0.05) is 0 Å². The van der Waals surface area contributed by atoms with Crippen LogP contribution < -0.4 is 36.8 Å². The molecule has 0 spiro atoms. The van der Waals surface area contributed by atoms with Crippen molar-refractivity contribution in [1.82, 2.24) is 19.5 Å². The molecule has 10 heteroatoms. The van der Waals surface area contributed by atoms with Crippen molar-refractivity contribution in [2.24, 2.45) is 0 Å². The maximum atomic E-state index is 13.6. The van der Waals surface area contributed by atoms with Gasteiger partial charge in [0.05, 0.1) is 0 Å². The third-order valence-electron chi connectivity index (χ3n) is 4.79. The summed E-state index contributed by atoms with van der Waals surface area (Å²) in [4.78, 5) is 27.2. The number of thioether (sulfide) groups is 1. The Morgan fingerprint density at radius 2 is 2.06 bits per heavy atom. The minimum absolute atomic E-state index is 0.234. The fourth-order valence-electron chi connectivity index (χ4n) is 3.39. The van der Waals surface area contributed by atoms with E-state index in [0.717, 1.165) is 14.4 Å². The summed E-state index contributed by atoms with van der Waals surface area (Å²) in [7, 11) is 1.58. The van der Waals surface area contributed by atoms with Crippen molar-refractivity contribution in [3.05, 3.63) is 83.8 Å². The molecular formula is C22H16ClIN5O2S-. The number of aromatic nitrogens is 4. The molecule has 2 aromatic heterocycles. The number of benzene rings is 2. The van der Waals surface area contributed by atoms with E-state index in [0.29, 0.717) is 38.9 Å². The molecular weight excluding hydrogens is 561 g/mol. The number of hydrogen-bond donors (Lipinski definition) is 1. The Bertz CT molecular complexity index is 1430. The Kier molecular flexibility index (Phi) is 6.03. The Balaban J connectivity index is 1.65. The van der Waals surface area contributed by atoms with Gasteiger partial charge in [-0.25, -0.2) is 0 Å². The van der Waals surface area contributed by atoms with Gasteiger partial charge in [0.2, 0.25) is 0 Å². The van der Waals surface area contributed by atoms with Crippen molar-refractivity contribution in [2.45, 2.75) is 10.8 Å². The summed E-state index contributed by atoms with van der Waals surface area (Å²) in [5, 5.41) is 4.82. The van der Waals surface area contributed by atoms with Crippen LogP contribution >= 0.6 is 23.4 Å². The number of hydrogen-bond acceptors (Lipinski definition) is 7. The summed E-state index contributed by atoms with van der Waals surface area (Å²) < 4.78 is 10.4. The SMILES string of the molecule is COc1ccccc1-n1c(CSc2ncnc3c2[I-]C=CN3)nc2cccc(Cl)c2c1=O. The Morgan fingerprint density at radius 1 is 1.19 bits per heavy atom. The van der Waals surface area contributed by atoms with Crippen LogP contribution in [0.5, 0.6) is 5.75 Å². The number of nitrogens with one attached hydrogen (secondary N) is 1. The number of ether oxygens (including phenoxy) is 1. The van der Waals surface area contributed by atoms with E-state index in [2.05, 4.69) is 19.4 Å². The molecule has 5 rings (SSSR count). The molecule has 4 aromatic rings. The molecule has 32 heavy (non-hydrogen) atoms. The van der Waals surface area contributed by atoms with Gasteiger partial charge in [0.25, 0.3) is 0 Å². The fourth-order valence-corrected chi connectivity index (χ4v) is 6.92. The van der Waals surface area contributed by atoms with E-state index >= 15 is 0 Å². The molecule has 3 heterocycles. The number of rotatable bonds is 5. The molecule has 1 N–H and O–H groups in total. The van der Waals surface area contributed by atoms with Gasteiger partial charge in [-0.3, -0.25) is 0 Å². The number of para-hydroxylation sites is 2. The third kappa shape index (κ3) is 3.84. The van der Waals surface area contributed by atoms with Crippen LogP contribution in [0.25, 0.3) is 16.6 Å². The molecule has 0 radical (unpaired) electrons. The molecule has 0 atom stereocenters. The molecule has 0 unspecified atom stereocenters. The zero-order valence-electron chi connectivity index (χ0n) is 16.8. The Hall–Kier alpha value is -2.63. The number of anilines is 1. The predicted octanol–water partition coefficient (Wildman–Crippen LogP) is 1.29. The van der Waals surface area contributed by atoms with Gasteiger partial charge in [-0.15, -0.1) is 0 Å². The first-order chi connectivity index (χ1) is 15.7. The van der Waals surface area contributed by atoms with Crippen LogP contribution in [0, 0.1) is 3.57 Å². The molecule has 0 saturated heterocycles. The zero-order chi connectivity index (χ0) is 22.1. The topological polar surface area (TPSA) is 81.9 Å². The molecule has 1 aliphatic rings. The second-order valence-electron chi connectivity index (χ2n) is 6.65.